The molecule has 2 N–H and O–H groups in total. The van der Waals surface area contributed by atoms with Gasteiger partial charge in [-0.05, 0) is 45.8 Å². The maximum atomic E-state index is 12.8. The highest BCUT2D eigenvalue weighted by atomic mass is 19.3. The molecular weight excluding hydrogens is 382 g/mol. The second kappa shape index (κ2) is 9.47. The predicted molar refractivity (Wildman–Crippen MR) is 107 cm³/mol. The van der Waals surface area contributed by atoms with E-state index in [1.54, 1.807) is 13.1 Å². The first kappa shape index (κ1) is 21.4. The fraction of sp³-hybridized carbons (Fsp3) is 0.650. The molecule has 0 unspecified atom stereocenters. The van der Waals surface area contributed by atoms with Gasteiger partial charge in [-0.15, -0.1) is 0 Å². The number of fused-ring (bicyclic) bond motifs is 1. The molecule has 3 rings (SSSR count). The van der Waals surface area contributed by atoms with Crippen LogP contribution >= 0.6 is 0 Å². The number of likely N-dealkylation sites (tertiary alicyclic amines) is 1. The first-order valence-electron chi connectivity index (χ1n) is 9.96. The fourth-order valence-electron chi connectivity index (χ4n) is 3.62. The third-order valence-electron chi connectivity index (χ3n) is 5.34. The van der Waals surface area contributed by atoms with Gasteiger partial charge in [-0.3, -0.25) is 9.89 Å². The lowest BCUT2D eigenvalue weighted by atomic mass is 9.98. The van der Waals surface area contributed by atoms with Crippen LogP contribution in [0.4, 0.5) is 8.78 Å². The van der Waals surface area contributed by atoms with Gasteiger partial charge in [-0.1, -0.05) is 6.42 Å². The molecule has 7 nitrogen and oxygen atoms in total. The lowest BCUT2D eigenvalue weighted by molar-refractivity contribution is -0.0505. The fourth-order valence-corrected chi connectivity index (χ4v) is 3.62. The normalized spacial score (nSPS) is 17.5. The molecule has 0 spiro atoms. The summed E-state index contributed by atoms with van der Waals surface area (Å²) >= 11 is 0. The summed E-state index contributed by atoms with van der Waals surface area (Å²) in [7, 11) is 1.68. The third-order valence-corrected chi connectivity index (χ3v) is 5.34. The number of hydrogen-bond donors (Lipinski definition) is 2. The predicted octanol–water partition coefficient (Wildman–Crippen LogP) is 2.95. The molecule has 1 aromatic carbocycles. The summed E-state index contributed by atoms with van der Waals surface area (Å²) in [6, 6.07) is 3.08. The number of nitrogens with zero attached hydrogens (tertiary/aromatic N) is 2. The van der Waals surface area contributed by atoms with Crippen LogP contribution in [0.15, 0.2) is 17.1 Å². The van der Waals surface area contributed by atoms with E-state index in [4.69, 9.17) is 9.47 Å². The highest BCUT2D eigenvalue weighted by Gasteiger charge is 2.28. The van der Waals surface area contributed by atoms with E-state index < -0.39 is 6.61 Å². The molecule has 0 radical (unpaired) electrons. The number of rotatable bonds is 7. The summed E-state index contributed by atoms with van der Waals surface area (Å²) in [5, 5.41) is 6.51. The van der Waals surface area contributed by atoms with Gasteiger partial charge in [-0.2, -0.15) is 8.78 Å². The lowest BCUT2D eigenvalue weighted by Crippen LogP contribution is -2.54. The number of benzene rings is 1. The number of aliphatic imine (C=N–C) groups is 1. The molecule has 0 saturated carbocycles. The van der Waals surface area contributed by atoms with E-state index in [1.807, 2.05) is 0 Å². The molecule has 0 aliphatic carbocycles. The largest absolute Gasteiger partial charge is 0.454 e. The van der Waals surface area contributed by atoms with Crippen molar-refractivity contribution in [2.75, 3.05) is 33.5 Å². The molecular formula is C20H30F2N4O3. The molecule has 1 fully saturated rings. The molecule has 162 valence electrons. The molecule has 2 heterocycles. The summed E-state index contributed by atoms with van der Waals surface area (Å²) in [4.78, 5) is 6.73. The van der Waals surface area contributed by atoms with Gasteiger partial charge in [0.15, 0.2) is 17.5 Å². The zero-order valence-corrected chi connectivity index (χ0v) is 17.3. The van der Waals surface area contributed by atoms with Crippen LogP contribution in [0.25, 0.3) is 0 Å². The van der Waals surface area contributed by atoms with E-state index in [1.165, 1.54) is 25.3 Å². The molecule has 1 aromatic rings. The molecule has 2 aliphatic rings. The molecule has 0 bridgehead atoms. The average Bonchev–Trinajstić information content (AvgIpc) is 3.15. The van der Waals surface area contributed by atoms with Crippen LogP contribution in [0.1, 0.15) is 38.7 Å². The van der Waals surface area contributed by atoms with E-state index in [9.17, 15) is 8.78 Å². The molecule has 1 saturated heterocycles. The number of halogens is 2. The summed E-state index contributed by atoms with van der Waals surface area (Å²) < 4.78 is 40.8. The van der Waals surface area contributed by atoms with Gasteiger partial charge in [-0.25, -0.2) is 0 Å². The topological polar surface area (TPSA) is 67.4 Å². The molecule has 0 aromatic heterocycles. The van der Waals surface area contributed by atoms with Gasteiger partial charge in [0.2, 0.25) is 6.79 Å². The standard InChI is InChI=1S/C20H30F2N4O3/c1-20(2,26-7-5-4-6-8-26)12-25-19(23-3)24-11-14-9-16-17(28-13-27-16)10-15(14)29-18(21)22/h9-10,18H,4-8,11-13H2,1-3H3,(H2,23,24,25). The Bertz CT molecular complexity index is 722. The Labute approximate surface area is 170 Å². The second-order valence-corrected chi connectivity index (χ2v) is 7.83. The quantitative estimate of drug-likeness (QED) is 0.530. The van der Waals surface area contributed by atoms with Crippen molar-refractivity contribution in [2.24, 2.45) is 4.99 Å². The van der Waals surface area contributed by atoms with E-state index in [2.05, 4.69) is 39.1 Å². The first-order chi connectivity index (χ1) is 13.9. The van der Waals surface area contributed by atoms with E-state index >= 15 is 0 Å². The zero-order valence-electron chi connectivity index (χ0n) is 17.3. The van der Waals surface area contributed by atoms with Crippen molar-refractivity contribution in [1.29, 1.82) is 0 Å². The summed E-state index contributed by atoms with van der Waals surface area (Å²) in [5.41, 5.74) is 0.522. The van der Waals surface area contributed by atoms with E-state index in [0.29, 0.717) is 29.6 Å². The molecule has 29 heavy (non-hydrogen) atoms. The van der Waals surface area contributed by atoms with Crippen molar-refractivity contribution in [3.05, 3.63) is 17.7 Å². The van der Waals surface area contributed by atoms with Crippen LogP contribution in [0.5, 0.6) is 17.2 Å². The van der Waals surface area contributed by atoms with Gasteiger partial charge in [0.25, 0.3) is 0 Å². The summed E-state index contributed by atoms with van der Waals surface area (Å²) in [6.45, 7) is 4.75. The average molecular weight is 412 g/mol. The Hall–Kier alpha value is -2.29. The minimum Gasteiger partial charge on any atom is -0.454 e. The van der Waals surface area contributed by atoms with Crippen molar-refractivity contribution >= 4 is 5.96 Å². The van der Waals surface area contributed by atoms with Crippen molar-refractivity contribution in [1.82, 2.24) is 15.5 Å². The highest BCUT2D eigenvalue weighted by Crippen LogP contribution is 2.38. The van der Waals surface area contributed by atoms with Crippen LogP contribution in [0.2, 0.25) is 0 Å². The monoisotopic (exact) mass is 412 g/mol. The van der Waals surface area contributed by atoms with E-state index in [0.717, 1.165) is 13.1 Å². The van der Waals surface area contributed by atoms with Crippen molar-refractivity contribution in [3.63, 3.8) is 0 Å². The van der Waals surface area contributed by atoms with Crippen LogP contribution in [-0.4, -0.2) is 56.5 Å². The van der Waals surface area contributed by atoms with Crippen molar-refractivity contribution in [3.8, 4) is 17.2 Å². The summed E-state index contributed by atoms with van der Waals surface area (Å²) in [6.07, 6.45) is 3.75. The molecule has 9 heteroatoms. The first-order valence-corrected chi connectivity index (χ1v) is 9.96. The zero-order chi connectivity index (χ0) is 20.9. The minimum absolute atomic E-state index is 0.0132. The Morgan fingerprint density at radius 1 is 1.17 bits per heavy atom. The van der Waals surface area contributed by atoms with E-state index in [-0.39, 0.29) is 24.6 Å². The SMILES string of the molecule is CN=C(NCc1cc2c(cc1OC(F)F)OCO2)NCC(C)(C)N1CCCCC1. The van der Waals surface area contributed by atoms with Crippen LogP contribution in [-0.2, 0) is 6.54 Å². The Balaban J connectivity index is 1.60. The number of piperidine rings is 1. The molecule has 0 amide bonds. The molecule has 0 atom stereocenters. The highest BCUT2D eigenvalue weighted by molar-refractivity contribution is 5.79. The van der Waals surface area contributed by atoms with Gasteiger partial charge >= 0.3 is 6.61 Å². The third kappa shape index (κ3) is 5.62. The van der Waals surface area contributed by atoms with Gasteiger partial charge in [0.1, 0.15) is 5.75 Å². The Kier molecular flexibility index (Phi) is 7.00. The number of nitrogens with one attached hydrogen (secondary N) is 2. The minimum atomic E-state index is -2.92. The Morgan fingerprint density at radius 2 is 1.86 bits per heavy atom. The number of hydrogen-bond acceptors (Lipinski definition) is 5. The maximum absolute atomic E-state index is 12.8. The van der Waals surface area contributed by atoms with Gasteiger partial charge < -0.3 is 24.8 Å². The molecule has 2 aliphatic heterocycles. The summed E-state index contributed by atoms with van der Waals surface area (Å²) in [5.74, 6) is 1.56. The number of alkyl halides is 2. The van der Waals surface area contributed by atoms with Crippen molar-refractivity contribution < 1.29 is 23.0 Å². The number of guanidine groups is 1. The second-order valence-electron chi connectivity index (χ2n) is 7.83. The lowest BCUT2D eigenvalue weighted by Gasteiger charge is -2.41. The smallest absolute Gasteiger partial charge is 0.387 e. The maximum Gasteiger partial charge on any atom is 0.387 e. The van der Waals surface area contributed by atoms with Crippen LogP contribution in [0.3, 0.4) is 0 Å². The van der Waals surface area contributed by atoms with Gasteiger partial charge in [0.05, 0.1) is 0 Å². The Morgan fingerprint density at radius 3 is 2.52 bits per heavy atom. The van der Waals surface area contributed by atoms with Crippen LogP contribution < -0.4 is 24.8 Å². The number of ether oxygens (including phenoxy) is 3. The van der Waals surface area contributed by atoms with Crippen LogP contribution in [0, 0.1) is 0 Å². The van der Waals surface area contributed by atoms with Crippen molar-refractivity contribution in [2.45, 2.75) is 51.8 Å². The van der Waals surface area contributed by atoms with Gasteiger partial charge in [0, 0.05) is 37.3 Å².